The lowest BCUT2D eigenvalue weighted by Gasteiger charge is -2.32. The zero-order chi connectivity index (χ0) is 21.2. The number of aromatic nitrogens is 2. The van der Waals surface area contributed by atoms with Gasteiger partial charge in [0.25, 0.3) is 0 Å². The first-order chi connectivity index (χ1) is 15.2. The highest BCUT2D eigenvalue weighted by Crippen LogP contribution is 2.40. The van der Waals surface area contributed by atoms with Gasteiger partial charge in [-0.15, -0.1) is 11.3 Å². The van der Waals surface area contributed by atoms with Crippen molar-refractivity contribution in [3.8, 4) is 0 Å². The Balaban J connectivity index is 1.19. The lowest BCUT2D eigenvalue weighted by Crippen LogP contribution is -2.42. The van der Waals surface area contributed by atoms with Crippen LogP contribution in [0.4, 0.5) is 11.5 Å². The third-order valence-electron chi connectivity index (χ3n) is 6.44. The van der Waals surface area contributed by atoms with Crippen molar-refractivity contribution in [2.75, 3.05) is 30.3 Å². The number of hydrogen-bond donors (Lipinski definition) is 2. The Morgan fingerprint density at radius 3 is 2.77 bits per heavy atom. The average Bonchev–Trinajstić information content (AvgIpc) is 3.14. The van der Waals surface area contributed by atoms with E-state index < -0.39 is 0 Å². The van der Waals surface area contributed by atoms with E-state index in [4.69, 9.17) is 0 Å². The number of carbonyl (C=O) groups excluding carboxylic acids is 1. The van der Waals surface area contributed by atoms with Crippen LogP contribution in [0.2, 0.25) is 0 Å². The fourth-order valence-electron chi connectivity index (χ4n) is 4.74. The van der Waals surface area contributed by atoms with E-state index in [1.54, 1.807) is 6.33 Å². The summed E-state index contributed by atoms with van der Waals surface area (Å²) in [4.78, 5) is 26.4. The molecule has 1 aliphatic carbocycles. The zero-order valence-electron chi connectivity index (χ0n) is 17.9. The van der Waals surface area contributed by atoms with E-state index in [-0.39, 0.29) is 5.91 Å². The summed E-state index contributed by atoms with van der Waals surface area (Å²) in [5.74, 6) is 1.81. The quantitative estimate of drug-likeness (QED) is 0.624. The van der Waals surface area contributed by atoms with Gasteiger partial charge in [0.05, 0.1) is 11.9 Å². The maximum Gasteiger partial charge on any atom is 0.238 e. The lowest BCUT2D eigenvalue weighted by atomic mass is 9.89. The normalized spacial score (nSPS) is 19.8. The number of amides is 1. The molecule has 0 bridgehead atoms. The van der Waals surface area contributed by atoms with Gasteiger partial charge in [-0.3, -0.25) is 9.69 Å². The highest BCUT2D eigenvalue weighted by Gasteiger charge is 2.25. The molecule has 3 aromatic rings. The van der Waals surface area contributed by atoms with Crippen LogP contribution >= 0.6 is 11.3 Å². The number of nitrogens with zero attached hydrogens (tertiary/aromatic N) is 3. The minimum absolute atomic E-state index is 0.0502. The van der Waals surface area contributed by atoms with Gasteiger partial charge in [-0.25, -0.2) is 9.97 Å². The molecule has 1 atom stereocenters. The van der Waals surface area contributed by atoms with Gasteiger partial charge in [-0.2, -0.15) is 0 Å². The van der Waals surface area contributed by atoms with Crippen molar-refractivity contribution in [1.29, 1.82) is 0 Å². The second kappa shape index (κ2) is 8.93. The SMILES string of the molecule is CC1CCc2c(sc3ncnc(NC4CCN(CC(=O)Nc5ccccc5)CC4)c23)C1. The summed E-state index contributed by atoms with van der Waals surface area (Å²) < 4.78 is 0. The van der Waals surface area contributed by atoms with Gasteiger partial charge in [-0.05, 0) is 55.7 Å². The lowest BCUT2D eigenvalue weighted by molar-refractivity contribution is -0.117. The van der Waals surface area contributed by atoms with Crippen LogP contribution < -0.4 is 10.6 Å². The summed E-state index contributed by atoms with van der Waals surface area (Å²) in [6, 6.07) is 10.0. The van der Waals surface area contributed by atoms with Crippen LogP contribution in [-0.4, -0.2) is 46.5 Å². The molecule has 1 amide bonds. The molecule has 2 aromatic heterocycles. The van der Waals surface area contributed by atoms with E-state index in [0.717, 1.165) is 54.6 Å². The van der Waals surface area contributed by atoms with E-state index in [1.807, 2.05) is 41.7 Å². The molecule has 31 heavy (non-hydrogen) atoms. The van der Waals surface area contributed by atoms with Gasteiger partial charge in [0.1, 0.15) is 17.0 Å². The maximum atomic E-state index is 12.3. The molecular formula is C24H29N5OS. The van der Waals surface area contributed by atoms with Crippen LogP contribution in [0.15, 0.2) is 36.7 Å². The first-order valence-corrected chi connectivity index (χ1v) is 12.1. The van der Waals surface area contributed by atoms with Crippen molar-refractivity contribution < 1.29 is 4.79 Å². The molecule has 1 aromatic carbocycles. The number of carbonyl (C=O) groups is 1. The highest BCUT2D eigenvalue weighted by atomic mass is 32.1. The number of benzene rings is 1. The van der Waals surface area contributed by atoms with Gasteiger partial charge in [0.2, 0.25) is 5.91 Å². The van der Waals surface area contributed by atoms with Crippen molar-refractivity contribution >= 4 is 39.0 Å². The van der Waals surface area contributed by atoms with Gasteiger partial charge in [0.15, 0.2) is 0 Å². The minimum Gasteiger partial charge on any atom is -0.367 e. The molecule has 1 aliphatic heterocycles. The predicted octanol–water partition coefficient (Wildman–Crippen LogP) is 4.33. The second-order valence-corrected chi connectivity index (χ2v) is 9.95. The number of nitrogens with one attached hydrogen (secondary N) is 2. The molecule has 1 unspecified atom stereocenters. The van der Waals surface area contributed by atoms with Gasteiger partial charge in [-0.1, -0.05) is 25.1 Å². The number of anilines is 2. The van der Waals surface area contributed by atoms with Crippen LogP contribution in [0, 0.1) is 5.92 Å². The Morgan fingerprint density at radius 1 is 1.16 bits per heavy atom. The summed E-state index contributed by atoms with van der Waals surface area (Å²) in [5, 5.41) is 7.94. The smallest absolute Gasteiger partial charge is 0.238 e. The number of piperidine rings is 1. The van der Waals surface area contributed by atoms with E-state index >= 15 is 0 Å². The average molecular weight is 436 g/mol. The number of para-hydroxylation sites is 1. The highest BCUT2D eigenvalue weighted by molar-refractivity contribution is 7.19. The molecule has 3 heterocycles. The predicted molar refractivity (Wildman–Crippen MR) is 127 cm³/mol. The van der Waals surface area contributed by atoms with Crippen LogP contribution in [0.5, 0.6) is 0 Å². The van der Waals surface area contributed by atoms with Crippen LogP contribution in [-0.2, 0) is 17.6 Å². The number of hydrogen-bond acceptors (Lipinski definition) is 6. The molecule has 6 nitrogen and oxygen atoms in total. The van der Waals surface area contributed by atoms with Crippen molar-refractivity contribution in [2.24, 2.45) is 5.92 Å². The maximum absolute atomic E-state index is 12.3. The standard InChI is InChI=1S/C24H29N5OS/c1-16-7-8-19-20(13-16)31-24-22(19)23(25-15-26-24)28-18-9-11-29(12-10-18)14-21(30)27-17-5-3-2-4-6-17/h2-6,15-16,18H,7-14H2,1H3,(H,27,30)(H,25,26,28). The van der Waals surface area contributed by atoms with E-state index in [9.17, 15) is 4.79 Å². The Kier molecular flexibility index (Phi) is 5.87. The summed E-state index contributed by atoms with van der Waals surface area (Å²) in [5.41, 5.74) is 2.32. The van der Waals surface area contributed by atoms with Crippen LogP contribution in [0.1, 0.15) is 36.6 Å². The second-order valence-electron chi connectivity index (χ2n) is 8.86. The fourth-order valence-corrected chi connectivity index (χ4v) is 6.09. The fraction of sp³-hybridized carbons (Fsp3) is 0.458. The van der Waals surface area contributed by atoms with E-state index in [0.29, 0.717) is 12.6 Å². The van der Waals surface area contributed by atoms with Crippen molar-refractivity contribution in [1.82, 2.24) is 14.9 Å². The van der Waals surface area contributed by atoms with Crippen molar-refractivity contribution in [3.05, 3.63) is 47.1 Å². The summed E-state index contributed by atoms with van der Waals surface area (Å²) in [6.07, 6.45) is 7.25. The molecule has 0 saturated carbocycles. The Morgan fingerprint density at radius 2 is 1.97 bits per heavy atom. The molecular weight excluding hydrogens is 406 g/mol. The Bertz CT molecular complexity index is 1060. The molecule has 162 valence electrons. The molecule has 5 rings (SSSR count). The van der Waals surface area contributed by atoms with Crippen LogP contribution in [0.3, 0.4) is 0 Å². The largest absolute Gasteiger partial charge is 0.367 e. The van der Waals surface area contributed by atoms with Crippen molar-refractivity contribution in [2.45, 2.75) is 45.1 Å². The molecule has 1 saturated heterocycles. The molecule has 7 heteroatoms. The summed E-state index contributed by atoms with van der Waals surface area (Å²) in [6.45, 7) is 4.60. The number of rotatable bonds is 5. The van der Waals surface area contributed by atoms with Gasteiger partial charge < -0.3 is 10.6 Å². The van der Waals surface area contributed by atoms with E-state index in [1.165, 1.54) is 28.7 Å². The first kappa shape index (κ1) is 20.4. The summed E-state index contributed by atoms with van der Waals surface area (Å²) >= 11 is 1.84. The molecule has 2 N–H and O–H groups in total. The monoisotopic (exact) mass is 435 g/mol. The van der Waals surface area contributed by atoms with Gasteiger partial charge >= 0.3 is 0 Å². The van der Waals surface area contributed by atoms with E-state index in [2.05, 4.69) is 32.4 Å². The Labute approximate surface area is 187 Å². The summed E-state index contributed by atoms with van der Waals surface area (Å²) in [7, 11) is 0. The topological polar surface area (TPSA) is 70.2 Å². The molecule has 0 radical (unpaired) electrons. The first-order valence-electron chi connectivity index (χ1n) is 11.2. The number of thiophene rings is 1. The molecule has 2 aliphatic rings. The Hall–Kier alpha value is -2.51. The number of likely N-dealkylation sites (tertiary alicyclic amines) is 1. The third kappa shape index (κ3) is 4.57. The minimum atomic E-state index is 0.0502. The zero-order valence-corrected chi connectivity index (χ0v) is 18.8. The van der Waals surface area contributed by atoms with Gasteiger partial charge in [0, 0.05) is 29.7 Å². The number of fused-ring (bicyclic) bond motifs is 3. The third-order valence-corrected chi connectivity index (χ3v) is 7.61. The van der Waals surface area contributed by atoms with Crippen LogP contribution in [0.25, 0.3) is 10.2 Å². The molecule has 1 fully saturated rings. The van der Waals surface area contributed by atoms with Crippen molar-refractivity contribution in [3.63, 3.8) is 0 Å². The number of aryl methyl sites for hydroxylation is 1. The molecule has 0 spiro atoms.